The van der Waals surface area contributed by atoms with Crippen LogP contribution in [0, 0.1) is 17.8 Å². The molecule has 0 aromatic carbocycles. The minimum atomic E-state index is 0.300. The van der Waals surface area contributed by atoms with E-state index < -0.39 is 0 Å². The normalized spacial score (nSPS) is 45.4. The highest BCUT2D eigenvalue weighted by Crippen LogP contribution is 2.63. The van der Waals surface area contributed by atoms with Crippen molar-refractivity contribution >= 4 is 7.92 Å². The molecule has 5 unspecified atom stereocenters. The van der Waals surface area contributed by atoms with Crippen molar-refractivity contribution in [1.29, 1.82) is 0 Å². The molecule has 3 fully saturated rings. The zero-order valence-electron chi connectivity index (χ0n) is 15.4. The van der Waals surface area contributed by atoms with Crippen molar-refractivity contribution in [3.05, 3.63) is 0 Å². The molecule has 0 radical (unpaired) electrons. The van der Waals surface area contributed by atoms with E-state index in [1.54, 1.807) is 38.5 Å². The molecular formula is C21H39P. The molecule has 0 amide bonds. The standard InChI is InChI=1S/C21H39P/c1-16-11-13-19(14-12-16)22(20-9-6-7-17(2)15-20)21-10-5-4-8-18(21)3/h16-21H,4-15H2,1-3H3. The second-order valence-corrected chi connectivity index (χ2v) is 12.1. The van der Waals surface area contributed by atoms with Crippen molar-refractivity contribution in [3.8, 4) is 0 Å². The van der Waals surface area contributed by atoms with Crippen LogP contribution in [-0.4, -0.2) is 17.0 Å². The minimum Gasteiger partial charge on any atom is -0.0969 e. The smallest absolute Gasteiger partial charge is 0.0178 e. The molecule has 3 rings (SSSR count). The lowest BCUT2D eigenvalue weighted by molar-refractivity contribution is 0.352. The maximum absolute atomic E-state index is 2.61. The van der Waals surface area contributed by atoms with Gasteiger partial charge in [-0.15, -0.1) is 0 Å². The molecule has 0 aromatic heterocycles. The second kappa shape index (κ2) is 8.00. The minimum absolute atomic E-state index is 0.300. The lowest BCUT2D eigenvalue weighted by Crippen LogP contribution is -2.33. The molecule has 3 saturated carbocycles. The van der Waals surface area contributed by atoms with Crippen molar-refractivity contribution < 1.29 is 0 Å². The van der Waals surface area contributed by atoms with Gasteiger partial charge in [-0.1, -0.05) is 73.6 Å². The molecule has 0 nitrogen and oxygen atoms in total. The fourth-order valence-corrected chi connectivity index (χ4v) is 10.7. The van der Waals surface area contributed by atoms with Crippen LogP contribution in [-0.2, 0) is 0 Å². The molecule has 0 saturated heterocycles. The third-order valence-electron chi connectivity index (χ3n) is 7.19. The molecule has 5 atom stereocenters. The molecule has 0 N–H and O–H groups in total. The first-order chi connectivity index (χ1) is 10.6. The molecule has 0 aromatic rings. The van der Waals surface area contributed by atoms with Gasteiger partial charge in [-0.25, -0.2) is 0 Å². The summed E-state index contributed by atoms with van der Waals surface area (Å²) in [6.45, 7) is 7.63. The second-order valence-electron chi connectivity index (χ2n) is 9.12. The Labute approximate surface area is 141 Å². The van der Waals surface area contributed by atoms with E-state index in [1.165, 1.54) is 38.5 Å². The Morgan fingerprint density at radius 3 is 2.00 bits per heavy atom. The number of hydrogen-bond acceptors (Lipinski definition) is 0. The van der Waals surface area contributed by atoms with E-state index in [1.807, 2.05) is 0 Å². The van der Waals surface area contributed by atoms with Crippen molar-refractivity contribution in [3.63, 3.8) is 0 Å². The SMILES string of the molecule is CC1CCC(P(C2CCCC(C)C2)C2CCCCC2C)CC1. The number of hydrogen-bond donors (Lipinski definition) is 0. The first-order valence-electron chi connectivity index (χ1n) is 10.4. The maximum Gasteiger partial charge on any atom is -0.0178 e. The van der Waals surface area contributed by atoms with E-state index >= 15 is 0 Å². The van der Waals surface area contributed by atoms with Crippen LogP contribution in [0.5, 0.6) is 0 Å². The first kappa shape index (κ1) is 17.3. The molecule has 3 aliphatic carbocycles. The molecule has 22 heavy (non-hydrogen) atoms. The van der Waals surface area contributed by atoms with Crippen LogP contribution in [0.3, 0.4) is 0 Å². The van der Waals surface area contributed by atoms with E-state index in [0.29, 0.717) is 7.92 Å². The zero-order chi connectivity index (χ0) is 15.5. The Bertz CT molecular complexity index is 331. The van der Waals surface area contributed by atoms with Gasteiger partial charge in [0, 0.05) is 0 Å². The van der Waals surface area contributed by atoms with Crippen LogP contribution in [0.1, 0.15) is 97.8 Å². The summed E-state index contributed by atoms with van der Waals surface area (Å²) in [6, 6.07) is 0. The molecule has 1 heteroatoms. The van der Waals surface area contributed by atoms with Gasteiger partial charge in [0.05, 0.1) is 0 Å². The Morgan fingerprint density at radius 2 is 1.32 bits per heavy atom. The molecule has 0 heterocycles. The molecular weight excluding hydrogens is 283 g/mol. The highest BCUT2D eigenvalue weighted by atomic mass is 31.1. The molecule has 3 aliphatic rings. The topological polar surface area (TPSA) is 0 Å². The van der Waals surface area contributed by atoms with E-state index in [2.05, 4.69) is 20.8 Å². The summed E-state index contributed by atoms with van der Waals surface area (Å²) in [5.41, 5.74) is 3.42. The highest BCUT2D eigenvalue weighted by molar-refractivity contribution is 7.60. The van der Waals surface area contributed by atoms with Gasteiger partial charge < -0.3 is 0 Å². The summed E-state index contributed by atoms with van der Waals surface area (Å²) >= 11 is 0. The fourth-order valence-electron chi connectivity index (χ4n) is 5.79. The van der Waals surface area contributed by atoms with Crippen molar-refractivity contribution in [2.24, 2.45) is 17.8 Å². The monoisotopic (exact) mass is 322 g/mol. The van der Waals surface area contributed by atoms with Gasteiger partial charge in [-0.2, -0.15) is 0 Å². The summed E-state index contributed by atoms with van der Waals surface area (Å²) < 4.78 is 0. The Hall–Kier alpha value is 0.430. The Kier molecular flexibility index (Phi) is 6.28. The van der Waals surface area contributed by atoms with E-state index in [4.69, 9.17) is 0 Å². The predicted molar refractivity (Wildman–Crippen MR) is 101 cm³/mol. The Morgan fingerprint density at radius 1 is 0.591 bits per heavy atom. The number of rotatable bonds is 3. The van der Waals surface area contributed by atoms with Crippen molar-refractivity contribution in [2.45, 2.75) is 115 Å². The van der Waals surface area contributed by atoms with Crippen LogP contribution in [0.4, 0.5) is 0 Å². The molecule has 128 valence electrons. The van der Waals surface area contributed by atoms with Gasteiger partial charge in [0.15, 0.2) is 0 Å². The van der Waals surface area contributed by atoms with Gasteiger partial charge >= 0.3 is 0 Å². The van der Waals surface area contributed by atoms with Gasteiger partial charge in [0.2, 0.25) is 0 Å². The van der Waals surface area contributed by atoms with Crippen molar-refractivity contribution in [1.82, 2.24) is 0 Å². The van der Waals surface area contributed by atoms with Gasteiger partial charge in [0.25, 0.3) is 0 Å². The van der Waals surface area contributed by atoms with Crippen LogP contribution in [0.15, 0.2) is 0 Å². The lowest BCUT2D eigenvalue weighted by atomic mass is 9.89. The van der Waals surface area contributed by atoms with E-state index in [9.17, 15) is 0 Å². The van der Waals surface area contributed by atoms with Gasteiger partial charge in [-0.05, 0) is 66.8 Å². The van der Waals surface area contributed by atoms with Gasteiger partial charge in [0.1, 0.15) is 0 Å². The van der Waals surface area contributed by atoms with E-state index in [0.717, 1.165) is 34.7 Å². The molecule has 0 spiro atoms. The van der Waals surface area contributed by atoms with E-state index in [-0.39, 0.29) is 0 Å². The molecule has 0 aliphatic heterocycles. The summed E-state index contributed by atoms with van der Waals surface area (Å²) in [5, 5.41) is 0. The fraction of sp³-hybridized carbons (Fsp3) is 1.00. The van der Waals surface area contributed by atoms with Crippen LogP contribution in [0.25, 0.3) is 0 Å². The average molecular weight is 323 g/mol. The summed E-state index contributed by atoms with van der Waals surface area (Å²) in [5.74, 6) is 3.07. The summed E-state index contributed by atoms with van der Waals surface area (Å²) in [6.07, 6.45) is 18.6. The molecule has 0 bridgehead atoms. The van der Waals surface area contributed by atoms with Crippen LogP contribution >= 0.6 is 7.92 Å². The quantitative estimate of drug-likeness (QED) is 0.482. The third-order valence-corrected chi connectivity index (χ3v) is 11.4. The predicted octanol–water partition coefficient (Wildman–Crippen LogP) is 7.20. The average Bonchev–Trinajstić information content (AvgIpc) is 2.51. The largest absolute Gasteiger partial charge is 0.0969 e. The zero-order valence-corrected chi connectivity index (χ0v) is 16.3. The van der Waals surface area contributed by atoms with Gasteiger partial charge in [-0.3, -0.25) is 0 Å². The van der Waals surface area contributed by atoms with Crippen LogP contribution in [0.2, 0.25) is 0 Å². The maximum atomic E-state index is 2.61. The lowest BCUT2D eigenvalue weighted by Gasteiger charge is -2.48. The summed E-state index contributed by atoms with van der Waals surface area (Å²) in [7, 11) is 0.300. The third kappa shape index (κ3) is 4.09. The Balaban J connectivity index is 1.74. The first-order valence-corrected chi connectivity index (χ1v) is 12.0. The summed E-state index contributed by atoms with van der Waals surface area (Å²) in [4.78, 5) is 0. The highest BCUT2D eigenvalue weighted by Gasteiger charge is 2.40. The van der Waals surface area contributed by atoms with Crippen molar-refractivity contribution in [2.75, 3.05) is 0 Å². The van der Waals surface area contributed by atoms with Crippen LogP contribution < -0.4 is 0 Å².